The summed E-state index contributed by atoms with van der Waals surface area (Å²) in [5.41, 5.74) is 3.07. The van der Waals surface area contributed by atoms with E-state index in [1.54, 1.807) is 36.4 Å². The predicted octanol–water partition coefficient (Wildman–Crippen LogP) is 4.88. The van der Waals surface area contributed by atoms with E-state index >= 15 is 0 Å². The average molecular weight is 461 g/mol. The molecule has 0 aliphatic heterocycles. The third-order valence-corrected chi connectivity index (χ3v) is 4.34. The van der Waals surface area contributed by atoms with E-state index in [9.17, 15) is 14.0 Å². The first kappa shape index (κ1) is 22.3. The van der Waals surface area contributed by atoms with Gasteiger partial charge in [0.15, 0.2) is 6.61 Å². The molecule has 0 unspecified atom stereocenters. The van der Waals surface area contributed by atoms with Crippen molar-refractivity contribution >= 4 is 41.3 Å². The minimum Gasteiger partial charge on any atom is -0.482 e. The highest BCUT2D eigenvalue weighted by atomic mass is 35.5. The molecule has 0 saturated carbocycles. The Morgan fingerprint density at radius 2 is 1.81 bits per heavy atom. The van der Waals surface area contributed by atoms with Crippen LogP contribution in [0, 0.1) is 5.82 Å². The number of esters is 1. The Morgan fingerprint density at radius 1 is 1.03 bits per heavy atom. The zero-order valence-electron chi connectivity index (χ0n) is 15.8. The molecule has 158 valence electrons. The van der Waals surface area contributed by atoms with E-state index in [2.05, 4.69) is 10.5 Å². The second-order valence-corrected chi connectivity index (χ2v) is 6.97. The topological polar surface area (TPSA) is 77.0 Å². The molecule has 0 saturated heterocycles. The minimum absolute atomic E-state index is 0.107. The van der Waals surface area contributed by atoms with E-state index < -0.39 is 17.7 Å². The maximum Gasteiger partial charge on any atom is 0.343 e. The zero-order valence-corrected chi connectivity index (χ0v) is 17.4. The predicted molar refractivity (Wildman–Crippen MR) is 115 cm³/mol. The van der Waals surface area contributed by atoms with Gasteiger partial charge in [-0.1, -0.05) is 29.3 Å². The third-order valence-electron chi connectivity index (χ3n) is 3.81. The quantitative estimate of drug-likeness (QED) is 0.236. The zero-order chi connectivity index (χ0) is 22.2. The van der Waals surface area contributed by atoms with Crippen molar-refractivity contribution in [2.24, 2.45) is 5.10 Å². The molecule has 0 radical (unpaired) electrons. The summed E-state index contributed by atoms with van der Waals surface area (Å²) in [6, 6.07) is 16.2. The van der Waals surface area contributed by atoms with Crippen molar-refractivity contribution in [3.05, 3.63) is 93.7 Å². The lowest BCUT2D eigenvalue weighted by molar-refractivity contribution is -0.123. The lowest BCUT2D eigenvalue weighted by Crippen LogP contribution is -2.24. The highest BCUT2D eigenvalue weighted by molar-refractivity contribution is 6.35. The molecule has 1 N–H and O–H groups in total. The summed E-state index contributed by atoms with van der Waals surface area (Å²) in [5, 5.41) is 4.58. The molecular formula is C22H15Cl2FN2O4. The first-order valence-corrected chi connectivity index (χ1v) is 9.64. The Labute approximate surface area is 187 Å². The van der Waals surface area contributed by atoms with Gasteiger partial charge in [-0.15, -0.1) is 0 Å². The van der Waals surface area contributed by atoms with Gasteiger partial charge in [-0.2, -0.15) is 5.10 Å². The van der Waals surface area contributed by atoms with Crippen LogP contribution in [-0.2, 0) is 4.79 Å². The molecular weight excluding hydrogens is 446 g/mol. The van der Waals surface area contributed by atoms with Crippen LogP contribution in [0.3, 0.4) is 0 Å². The summed E-state index contributed by atoms with van der Waals surface area (Å²) in [5.74, 6) is -1.07. The first-order chi connectivity index (χ1) is 14.9. The van der Waals surface area contributed by atoms with Crippen molar-refractivity contribution in [3.8, 4) is 11.5 Å². The van der Waals surface area contributed by atoms with Gasteiger partial charge >= 0.3 is 5.97 Å². The summed E-state index contributed by atoms with van der Waals surface area (Å²) in [6.45, 7) is -0.284. The highest BCUT2D eigenvalue weighted by Crippen LogP contribution is 2.27. The van der Waals surface area contributed by atoms with Gasteiger partial charge in [-0.05, 0) is 66.2 Å². The first-order valence-electron chi connectivity index (χ1n) is 8.88. The number of carbonyl (C=O) groups is 2. The molecule has 0 spiro atoms. The lowest BCUT2D eigenvalue weighted by atomic mass is 10.2. The fourth-order valence-corrected chi connectivity index (χ4v) is 2.81. The number of nitrogens with one attached hydrogen (secondary N) is 1. The molecule has 0 heterocycles. The number of hydrogen-bond acceptors (Lipinski definition) is 5. The molecule has 6 nitrogen and oxygen atoms in total. The molecule has 9 heteroatoms. The molecule has 0 aromatic heterocycles. The molecule has 0 atom stereocenters. The number of hydrogen-bond donors (Lipinski definition) is 1. The fourth-order valence-electron chi connectivity index (χ4n) is 2.35. The van der Waals surface area contributed by atoms with E-state index in [0.717, 1.165) is 6.07 Å². The van der Waals surface area contributed by atoms with E-state index in [0.29, 0.717) is 21.4 Å². The second kappa shape index (κ2) is 10.6. The Hall–Kier alpha value is -3.42. The van der Waals surface area contributed by atoms with Gasteiger partial charge in [-0.25, -0.2) is 14.6 Å². The van der Waals surface area contributed by atoms with E-state index in [1.807, 2.05) is 0 Å². The number of halogens is 3. The molecule has 1 amide bonds. The number of rotatable bonds is 7. The molecule has 0 fully saturated rings. The van der Waals surface area contributed by atoms with Crippen LogP contribution in [0.2, 0.25) is 10.0 Å². The van der Waals surface area contributed by atoms with Crippen LogP contribution in [0.15, 0.2) is 71.8 Å². The van der Waals surface area contributed by atoms with Crippen molar-refractivity contribution < 1.29 is 23.5 Å². The van der Waals surface area contributed by atoms with Crippen LogP contribution >= 0.6 is 23.2 Å². The van der Waals surface area contributed by atoms with Crippen molar-refractivity contribution in [2.45, 2.75) is 0 Å². The van der Waals surface area contributed by atoms with Crippen LogP contribution in [0.4, 0.5) is 4.39 Å². The number of amides is 1. The van der Waals surface area contributed by atoms with Gasteiger partial charge in [0.25, 0.3) is 5.91 Å². The van der Waals surface area contributed by atoms with Crippen molar-refractivity contribution in [2.75, 3.05) is 6.61 Å². The van der Waals surface area contributed by atoms with Gasteiger partial charge in [0.05, 0.1) is 16.8 Å². The summed E-state index contributed by atoms with van der Waals surface area (Å²) in [7, 11) is 0. The van der Waals surface area contributed by atoms with Crippen molar-refractivity contribution in [1.82, 2.24) is 5.43 Å². The van der Waals surface area contributed by atoms with Gasteiger partial charge in [0, 0.05) is 5.02 Å². The average Bonchev–Trinajstić information content (AvgIpc) is 2.74. The molecule has 3 aromatic rings. The van der Waals surface area contributed by atoms with E-state index in [4.69, 9.17) is 32.7 Å². The maximum atomic E-state index is 13.2. The van der Waals surface area contributed by atoms with Crippen LogP contribution < -0.4 is 14.9 Å². The molecule has 3 aromatic carbocycles. The van der Waals surface area contributed by atoms with E-state index in [1.165, 1.54) is 30.5 Å². The highest BCUT2D eigenvalue weighted by Gasteiger charge is 2.09. The van der Waals surface area contributed by atoms with E-state index in [-0.39, 0.29) is 17.9 Å². The Kier molecular flexibility index (Phi) is 7.59. The molecule has 31 heavy (non-hydrogen) atoms. The number of nitrogens with zero attached hydrogens (tertiary/aromatic N) is 1. The van der Waals surface area contributed by atoms with Crippen LogP contribution in [0.25, 0.3) is 0 Å². The standard InChI is InChI=1S/C22H15Cl2FN2O4/c23-16-6-9-20(19(24)11-16)30-13-21(28)27-26-12-14-4-7-18(8-5-14)31-22(29)15-2-1-3-17(25)10-15/h1-12H,13H2,(H,27,28). The monoisotopic (exact) mass is 460 g/mol. The number of carbonyl (C=O) groups excluding carboxylic acids is 2. The van der Waals surface area contributed by atoms with Gasteiger partial charge < -0.3 is 9.47 Å². The largest absolute Gasteiger partial charge is 0.482 e. The number of benzene rings is 3. The molecule has 0 aliphatic rings. The summed E-state index contributed by atoms with van der Waals surface area (Å²) in [4.78, 5) is 23.8. The Bertz CT molecular complexity index is 1120. The molecule has 0 bridgehead atoms. The SMILES string of the molecule is O=C(COc1ccc(Cl)cc1Cl)NN=Cc1ccc(OC(=O)c2cccc(F)c2)cc1. The van der Waals surface area contributed by atoms with Crippen LogP contribution in [-0.4, -0.2) is 24.7 Å². The number of hydrazone groups is 1. The summed E-state index contributed by atoms with van der Waals surface area (Å²) >= 11 is 11.8. The van der Waals surface area contributed by atoms with Gasteiger partial charge in [-0.3, -0.25) is 4.79 Å². The van der Waals surface area contributed by atoms with Crippen LogP contribution in [0.5, 0.6) is 11.5 Å². The lowest BCUT2D eigenvalue weighted by Gasteiger charge is -2.07. The van der Waals surface area contributed by atoms with Crippen molar-refractivity contribution in [3.63, 3.8) is 0 Å². The molecule has 0 aliphatic carbocycles. The smallest absolute Gasteiger partial charge is 0.343 e. The fraction of sp³-hybridized carbons (Fsp3) is 0.0455. The van der Waals surface area contributed by atoms with Crippen LogP contribution in [0.1, 0.15) is 15.9 Å². The van der Waals surface area contributed by atoms with Gasteiger partial charge in [0.1, 0.15) is 17.3 Å². The normalized spacial score (nSPS) is 10.7. The minimum atomic E-state index is -0.672. The molecule has 3 rings (SSSR count). The van der Waals surface area contributed by atoms with Gasteiger partial charge in [0.2, 0.25) is 0 Å². The maximum absolute atomic E-state index is 13.2. The van der Waals surface area contributed by atoms with Crippen molar-refractivity contribution in [1.29, 1.82) is 0 Å². The Morgan fingerprint density at radius 3 is 2.52 bits per heavy atom. The Balaban J connectivity index is 1.47. The summed E-state index contributed by atoms with van der Waals surface area (Å²) in [6.07, 6.45) is 1.41. The summed E-state index contributed by atoms with van der Waals surface area (Å²) < 4.78 is 23.7. The second-order valence-electron chi connectivity index (χ2n) is 6.13. The third kappa shape index (κ3) is 6.80. The number of ether oxygens (including phenoxy) is 2.